The number of halogens is 4. The number of nitrogens with zero attached hydrogens (tertiary/aromatic N) is 4. The van der Waals surface area contributed by atoms with E-state index in [9.17, 15) is 22.8 Å². The molecule has 4 heterocycles. The van der Waals surface area contributed by atoms with E-state index in [1.54, 1.807) is 16.0 Å². The minimum Gasteiger partial charge on any atom is -0.483 e. The first-order valence-electron chi connectivity index (χ1n) is 14.7. The van der Waals surface area contributed by atoms with Crippen LogP contribution >= 0.6 is 11.6 Å². The molecule has 2 N–H and O–H groups in total. The van der Waals surface area contributed by atoms with Crippen LogP contribution in [0.25, 0.3) is 0 Å². The van der Waals surface area contributed by atoms with E-state index in [0.29, 0.717) is 61.7 Å². The standard InChI is InChI=1S/C29H31ClN6O4.C2HF3O/c30-23-17-31-29-33-21-4-1-3-19(15-21)6-7-20-16-22(32-27(23)34-29)8-9-24(20)40-18-26(37)35-10-12-36(13-11-35)28(38)25-5-2-14-39-25;3-2(4,5)1-6/h1,3-4,8-9,15-17,25H,2,5-7,10-14,18H2,(H2,31,32,33,34);1H. The number of fused-ring (bicyclic) bond motifs is 6. The van der Waals surface area contributed by atoms with Gasteiger partial charge < -0.3 is 29.9 Å². The van der Waals surface area contributed by atoms with E-state index in [2.05, 4.69) is 32.7 Å². The highest BCUT2D eigenvalue weighted by Crippen LogP contribution is 2.30. The number of ether oxygens (including phenoxy) is 2. The summed E-state index contributed by atoms with van der Waals surface area (Å²) in [6, 6.07) is 13.9. The molecule has 0 aliphatic carbocycles. The fourth-order valence-corrected chi connectivity index (χ4v) is 5.38. The summed E-state index contributed by atoms with van der Waals surface area (Å²) in [5, 5.41) is 6.92. The van der Waals surface area contributed by atoms with Gasteiger partial charge in [-0.1, -0.05) is 23.7 Å². The zero-order chi connectivity index (χ0) is 32.7. The molecule has 0 saturated carbocycles. The van der Waals surface area contributed by atoms with E-state index in [1.165, 1.54) is 0 Å². The fraction of sp³-hybridized carbons (Fsp3) is 0.387. The maximum atomic E-state index is 13.0. The molecule has 0 spiro atoms. The minimum absolute atomic E-state index is 0.0374. The lowest BCUT2D eigenvalue weighted by Crippen LogP contribution is -2.53. The van der Waals surface area contributed by atoms with E-state index >= 15 is 0 Å². The van der Waals surface area contributed by atoms with Crippen molar-refractivity contribution in [2.45, 2.75) is 38.0 Å². The lowest BCUT2D eigenvalue weighted by molar-refractivity contribution is -0.156. The normalized spacial score (nSPS) is 17.5. The monoisotopic (exact) mass is 660 g/mol. The van der Waals surface area contributed by atoms with Crippen LogP contribution in [0.4, 0.5) is 36.3 Å². The molecule has 15 heteroatoms. The van der Waals surface area contributed by atoms with Gasteiger partial charge in [-0.2, -0.15) is 18.2 Å². The van der Waals surface area contributed by atoms with Crippen molar-refractivity contribution >= 4 is 52.8 Å². The molecular weight excluding hydrogens is 629 g/mol. The lowest BCUT2D eigenvalue weighted by atomic mass is 10.0. The van der Waals surface area contributed by atoms with Crippen molar-refractivity contribution in [3.63, 3.8) is 0 Å². The Labute approximate surface area is 268 Å². The van der Waals surface area contributed by atoms with Crippen LogP contribution in [0.1, 0.15) is 24.0 Å². The predicted octanol–water partition coefficient (Wildman–Crippen LogP) is 4.69. The Morgan fingerprint density at radius 2 is 1.78 bits per heavy atom. The van der Waals surface area contributed by atoms with E-state index in [-0.39, 0.29) is 24.5 Å². The Bertz CT molecular complexity index is 1560. The van der Waals surface area contributed by atoms with Crippen LogP contribution in [0.2, 0.25) is 5.02 Å². The van der Waals surface area contributed by atoms with Crippen molar-refractivity contribution in [3.8, 4) is 5.75 Å². The first-order chi connectivity index (χ1) is 22.1. The number of anilines is 4. The Kier molecular flexibility index (Phi) is 10.6. The fourth-order valence-electron chi connectivity index (χ4n) is 5.24. The number of carbonyl (C=O) groups excluding carboxylic acids is 3. The maximum absolute atomic E-state index is 13.0. The predicted molar refractivity (Wildman–Crippen MR) is 164 cm³/mol. The molecule has 244 valence electrons. The molecule has 1 unspecified atom stereocenters. The average Bonchev–Trinajstić information content (AvgIpc) is 3.60. The highest BCUT2D eigenvalue weighted by atomic mass is 35.5. The summed E-state index contributed by atoms with van der Waals surface area (Å²) in [7, 11) is 0. The van der Waals surface area contributed by atoms with Crippen molar-refractivity contribution in [1.82, 2.24) is 19.8 Å². The second-order valence-electron chi connectivity index (χ2n) is 10.8. The van der Waals surface area contributed by atoms with Crippen LogP contribution in [0.3, 0.4) is 0 Å². The van der Waals surface area contributed by atoms with Gasteiger partial charge >= 0.3 is 6.18 Å². The summed E-state index contributed by atoms with van der Waals surface area (Å²) in [6.45, 7) is 2.57. The van der Waals surface area contributed by atoms with Crippen molar-refractivity contribution < 1.29 is 37.0 Å². The second-order valence-corrected chi connectivity index (χ2v) is 11.2. The molecule has 2 saturated heterocycles. The number of aromatic nitrogens is 2. The van der Waals surface area contributed by atoms with Crippen LogP contribution in [0, 0.1) is 0 Å². The van der Waals surface area contributed by atoms with Crippen LogP contribution < -0.4 is 15.4 Å². The van der Waals surface area contributed by atoms with Crippen LogP contribution in [0.15, 0.2) is 48.7 Å². The van der Waals surface area contributed by atoms with Crippen molar-refractivity contribution in [3.05, 3.63) is 64.8 Å². The lowest BCUT2D eigenvalue weighted by Gasteiger charge is -2.35. The molecule has 3 aliphatic heterocycles. The summed E-state index contributed by atoms with van der Waals surface area (Å²) >= 11 is 6.37. The highest BCUT2D eigenvalue weighted by molar-refractivity contribution is 6.32. The first kappa shape index (κ1) is 32.9. The smallest absolute Gasteiger partial charge is 0.446 e. The summed E-state index contributed by atoms with van der Waals surface area (Å²) < 4.78 is 42.9. The maximum Gasteiger partial charge on any atom is 0.446 e. The number of nitrogens with one attached hydrogen (secondary N) is 2. The number of alkyl halides is 3. The molecule has 2 amide bonds. The van der Waals surface area contributed by atoms with E-state index in [1.807, 2.05) is 30.3 Å². The number of hydrogen-bond donors (Lipinski definition) is 2. The average molecular weight is 661 g/mol. The van der Waals surface area contributed by atoms with Crippen LogP contribution in [-0.2, 0) is 32.0 Å². The van der Waals surface area contributed by atoms with Gasteiger partial charge in [-0.15, -0.1) is 0 Å². The molecule has 3 aromatic rings. The van der Waals surface area contributed by atoms with Crippen molar-refractivity contribution in [1.29, 1.82) is 0 Å². The third-order valence-electron chi connectivity index (χ3n) is 7.57. The summed E-state index contributed by atoms with van der Waals surface area (Å²) in [5.41, 5.74) is 3.80. The van der Waals surface area contributed by atoms with Gasteiger partial charge in [0.15, 0.2) is 12.4 Å². The Hall–Kier alpha value is -4.43. The number of carbonyl (C=O) groups is 3. The van der Waals surface area contributed by atoms with E-state index in [4.69, 9.17) is 25.9 Å². The Balaban J connectivity index is 0.000000635. The second kappa shape index (κ2) is 14.8. The van der Waals surface area contributed by atoms with Gasteiger partial charge in [0.25, 0.3) is 11.8 Å². The van der Waals surface area contributed by atoms with Gasteiger partial charge in [0.05, 0.1) is 6.20 Å². The molecule has 2 aromatic carbocycles. The van der Waals surface area contributed by atoms with E-state index < -0.39 is 12.5 Å². The number of piperazine rings is 1. The molecule has 0 radical (unpaired) electrons. The number of benzene rings is 2. The molecule has 1 atom stereocenters. The molecule has 6 rings (SSSR count). The number of aryl methyl sites for hydroxylation is 2. The minimum atomic E-state index is -4.64. The summed E-state index contributed by atoms with van der Waals surface area (Å²) in [6.07, 6.45) is -1.28. The van der Waals surface area contributed by atoms with Gasteiger partial charge in [-0.05, 0) is 67.1 Å². The molecule has 11 nitrogen and oxygen atoms in total. The first-order valence-corrected chi connectivity index (χ1v) is 15.1. The van der Waals surface area contributed by atoms with Crippen LogP contribution in [-0.4, -0.2) is 89.5 Å². The molecule has 2 fully saturated rings. The van der Waals surface area contributed by atoms with E-state index in [0.717, 1.165) is 41.8 Å². The van der Waals surface area contributed by atoms with Crippen molar-refractivity contribution in [2.24, 2.45) is 0 Å². The molecule has 6 bridgehead atoms. The van der Waals surface area contributed by atoms with Gasteiger partial charge in [0.1, 0.15) is 16.9 Å². The van der Waals surface area contributed by atoms with Gasteiger partial charge in [-0.25, -0.2) is 4.98 Å². The third kappa shape index (κ3) is 8.85. The summed E-state index contributed by atoms with van der Waals surface area (Å²) in [4.78, 5) is 46.7. The zero-order valence-electron chi connectivity index (χ0n) is 24.7. The third-order valence-corrected chi connectivity index (χ3v) is 7.84. The topological polar surface area (TPSA) is 126 Å². The number of rotatable bonds is 4. The molecule has 1 aromatic heterocycles. The Morgan fingerprint density at radius 1 is 1.04 bits per heavy atom. The largest absolute Gasteiger partial charge is 0.483 e. The number of amides is 2. The van der Waals surface area contributed by atoms with Gasteiger partial charge in [-0.3, -0.25) is 14.4 Å². The Morgan fingerprint density at radius 3 is 2.50 bits per heavy atom. The molecular formula is C31H32ClF3N6O5. The SMILES string of the molecule is O=C(COc1ccc2cc1CCc1cccc(c1)Nc1ncc(Cl)c(n1)N2)N1CCN(C(=O)C2CCCO2)CC1.O=CC(F)(F)F. The number of hydrogen-bond acceptors (Lipinski definition) is 9. The molecule has 46 heavy (non-hydrogen) atoms. The quantitative estimate of drug-likeness (QED) is 0.383. The summed E-state index contributed by atoms with van der Waals surface area (Å²) in [5.74, 6) is 1.53. The van der Waals surface area contributed by atoms with Crippen molar-refractivity contribution in [2.75, 3.05) is 50.0 Å². The zero-order valence-corrected chi connectivity index (χ0v) is 25.4. The van der Waals surface area contributed by atoms with Gasteiger partial charge in [0, 0.05) is 44.2 Å². The molecule has 3 aliphatic rings. The van der Waals surface area contributed by atoms with Crippen LogP contribution in [0.5, 0.6) is 5.75 Å². The highest BCUT2D eigenvalue weighted by Gasteiger charge is 2.31. The number of aldehydes is 1. The van der Waals surface area contributed by atoms with Gasteiger partial charge in [0.2, 0.25) is 12.2 Å².